The van der Waals surface area contributed by atoms with Crippen LogP contribution in [0.1, 0.15) is 29.7 Å². The van der Waals surface area contributed by atoms with Crippen LogP contribution in [0, 0.1) is 0 Å². The fraction of sp³-hybridized carbons (Fsp3) is 0.250. The maximum absolute atomic E-state index is 6.26. The maximum Gasteiger partial charge on any atom is 0.231 e. The third-order valence-electron chi connectivity index (χ3n) is 3.88. The SMILES string of the molecule is NC1CC(c2cc(Cl)c3c(c2)OCO3)Oc2ccccc21. The number of para-hydroxylation sites is 1. The Balaban J connectivity index is 1.71. The average Bonchev–Trinajstić information content (AvgIpc) is 2.96. The van der Waals surface area contributed by atoms with Crippen LogP contribution in [0.25, 0.3) is 0 Å². The van der Waals surface area contributed by atoms with Crippen LogP contribution >= 0.6 is 11.6 Å². The van der Waals surface area contributed by atoms with Crippen molar-refractivity contribution >= 4 is 11.6 Å². The Kier molecular flexibility index (Phi) is 2.94. The molecule has 2 N–H and O–H groups in total. The van der Waals surface area contributed by atoms with E-state index in [2.05, 4.69) is 0 Å². The van der Waals surface area contributed by atoms with E-state index in [1.807, 2.05) is 36.4 Å². The molecule has 2 aromatic carbocycles. The van der Waals surface area contributed by atoms with E-state index >= 15 is 0 Å². The maximum atomic E-state index is 6.26. The first-order valence-electron chi connectivity index (χ1n) is 6.82. The van der Waals surface area contributed by atoms with Crippen LogP contribution in [0.4, 0.5) is 0 Å². The molecule has 108 valence electrons. The normalized spacial score (nSPS) is 22.6. The standard InChI is InChI=1S/C16H14ClNO3/c17-11-5-9(6-15-16(11)20-8-19-15)14-7-12(18)10-3-1-2-4-13(10)21-14/h1-6,12,14H,7-8,18H2. The molecule has 21 heavy (non-hydrogen) atoms. The third-order valence-corrected chi connectivity index (χ3v) is 4.16. The molecule has 2 aliphatic rings. The molecule has 0 bridgehead atoms. The van der Waals surface area contributed by atoms with E-state index in [9.17, 15) is 0 Å². The number of ether oxygens (including phenoxy) is 3. The largest absolute Gasteiger partial charge is 0.485 e. The van der Waals surface area contributed by atoms with Crippen molar-refractivity contribution in [3.8, 4) is 17.2 Å². The molecule has 4 nitrogen and oxygen atoms in total. The highest BCUT2D eigenvalue weighted by Crippen LogP contribution is 2.45. The number of nitrogens with two attached hydrogens (primary N) is 1. The summed E-state index contributed by atoms with van der Waals surface area (Å²) in [6.45, 7) is 0.201. The van der Waals surface area contributed by atoms with E-state index in [1.54, 1.807) is 0 Å². The molecule has 0 radical (unpaired) electrons. The molecule has 0 fully saturated rings. The van der Waals surface area contributed by atoms with Crippen molar-refractivity contribution in [1.82, 2.24) is 0 Å². The van der Waals surface area contributed by atoms with Crippen LogP contribution in [0.3, 0.4) is 0 Å². The molecule has 2 aromatic rings. The van der Waals surface area contributed by atoms with Crippen LogP contribution in [0.15, 0.2) is 36.4 Å². The molecule has 0 spiro atoms. The van der Waals surface area contributed by atoms with Gasteiger partial charge in [-0.3, -0.25) is 0 Å². The van der Waals surface area contributed by atoms with Crippen molar-refractivity contribution < 1.29 is 14.2 Å². The molecule has 0 aliphatic carbocycles. The monoisotopic (exact) mass is 303 g/mol. The Morgan fingerprint density at radius 1 is 1.10 bits per heavy atom. The van der Waals surface area contributed by atoms with Crippen LogP contribution in [-0.2, 0) is 0 Å². The molecular weight excluding hydrogens is 290 g/mol. The van der Waals surface area contributed by atoms with Crippen LogP contribution < -0.4 is 19.9 Å². The number of hydrogen-bond acceptors (Lipinski definition) is 4. The smallest absolute Gasteiger partial charge is 0.231 e. The minimum atomic E-state index is -0.137. The van der Waals surface area contributed by atoms with Crippen molar-refractivity contribution in [2.45, 2.75) is 18.6 Å². The summed E-state index contributed by atoms with van der Waals surface area (Å²) < 4.78 is 16.8. The lowest BCUT2D eigenvalue weighted by molar-refractivity contribution is 0.160. The van der Waals surface area contributed by atoms with Crippen LogP contribution in [-0.4, -0.2) is 6.79 Å². The Morgan fingerprint density at radius 2 is 1.95 bits per heavy atom. The van der Waals surface area contributed by atoms with Crippen molar-refractivity contribution in [1.29, 1.82) is 0 Å². The first kappa shape index (κ1) is 12.8. The summed E-state index contributed by atoms with van der Waals surface area (Å²) >= 11 is 6.24. The van der Waals surface area contributed by atoms with Crippen molar-refractivity contribution in [3.05, 3.63) is 52.5 Å². The lowest BCUT2D eigenvalue weighted by atomic mass is 9.93. The summed E-state index contributed by atoms with van der Waals surface area (Å²) in [5.41, 5.74) is 8.25. The number of halogens is 1. The summed E-state index contributed by atoms with van der Waals surface area (Å²) in [6.07, 6.45) is 0.564. The summed E-state index contributed by atoms with van der Waals surface area (Å²) in [5.74, 6) is 2.09. The second kappa shape index (κ2) is 4.83. The van der Waals surface area contributed by atoms with E-state index in [0.717, 1.165) is 16.9 Å². The molecule has 0 amide bonds. The molecule has 2 heterocycles. The molecular formula is C16H14ClNO3. The van der Waals surface area contributed by atoms with E-state index in [4.69, 9.17) is 31.5 Å². The highest BCUT2D eigenvalue weighted by Gasteiger charge is 2.29. The molecule has 2 atom stereocenters. The van der Waals surface area contributed by atoms with Gasteiger partial charge in [-0.25, -0.2) is 0 Å². The average molecular weight is 304 g/mol. The zero-order valence-electron chi connectivity index (χ0n) is 11.2. The van der Waals surface area contributed by atoms with Crippen LogP contribution in [0.2, 0.25) is 5.02 Å². The summed E-state index contributed by atoms with van der Waals surface area (Å²) in [7, 11) is 0. The van der Waals surface area contributed by atoms with E-state index in [0.29, 0.717) is 22.9 Å². The van der Waals surface area contributed by atoms with Gasteiger partial charge in [0, 0.05) is 18.0 Å². The quantitative estimate of drug-likeness (QED) is 0.874. The van der Waals surface area contributed by atoms with Gasteiger partial charge in [-0.1, -0.05) is 29.8 Å². The van der Waals surface area contributed by atoms with Crippen molar-refractivity contribution in [3.63, 3.8) is 0 Å². The number of benzene rings is 2. The summed E-state index contributed by atoms with van der Waals surface area (Å²) in [5, 5.41) is 0.538. The molecule has 4 rings (SSSR count). The van der Waals surface area contributed by atoms with Crippen molar-refractivity contribution in [2.75, 3.05) is 6.79 Å². The molecule has 5 heteroatoms. The van der Waals surface area contributed by atoms with Gasteiger partial charge in [-0.2, -0.15) is 0 Å². The first-order chi connectivity index (χ1) is 10.2. The van der Waals surface area contributed by atoms with Gasteiger partial charge in [0.05, 0.1) is 5.02 Å². The first-order valence-corrected chi connectivity index (χ1v) is 7.20. The number of fused-ring (bicyclic) bond motifs is 2. The minimum absolute atomic E-state index is 0.0517. The van der Waals surface area contributed by atoms with Gasteiger partial charge in [0.15, 0.2) is 11.5 Å². The highest BCUT2D eigenvalue weighted by molar-refractivity contribution is 6.32. The van der Waals surface area contributed by atoms with E-state index in [1.165, 1.54) is 0 Å². The molecule has 2 unspecified atom stereocenters. The van der Waals surface area contributed by atoms with Gasteiger partial charge in [0.1, 0.15) is 11.9 Å². The van der Waals surface area contributed by atoms with Gasteiger partial charge in [-0.05, 0) is 23.8 Å². The van der Waals surface area contributed by atoms with Gasteiger partial charge in [0.2, 0.25) is 6.79 Å². The number of hydrogen-bond donors (Lipinski definition) is 1. The highest BCUT2D eigenvalue weighted by atomic mass is 35.5. The lowest BCUT2D eigenvalue weighted by Gasteiger charge is -2.30. The fourth-order valence-electron chi connectivity index (χ4n) is 2.83. The lowest BCUT2D eigenvalue weighted by Crippen LogP contribution is -2.24. The Hall–Kier alpha value is -1.91. The van der Waals surface area contributed by atoms with Gasteiger partial charge < -0.3 is 19.9 Å². The predicted molar refractivity (Wildman–Crippen MR) is 78.9 cm³/mol. The molecule has 0 saturated heterocycles. The topological polar surface area (TPSA) is 53.7 Å². The second-order valence-electron chi connectivity index (χ2n) is 5.22. The van der Waals surface area contributed by atoms with E-state index in [-0.39, 0.29) is 18.9 Å². The molecule has 0 saturated carbocycles. The Morgan fingerprint density at radius 3 is 2.86 bits per heavy atom. The minimum Gasteiger partial charge on any atom is -0.485 e. The second-order valence-corrected chi connectivity index (χ2v) is 5.63. The number of rotatable bonds is 1. The van der Waals surface area contributed by atoms with Gasteiger partial charge >= 0.3 is 0 Å². The van der Waals surface area contributed by atoms with Gasteiger partial charge in [-0.15, -0.1) is 0 Å². The molecule has 0 aromatic heterocycles. The van der Waals surface area contributed by atoms with Gasteiger partial charge in [0.25, 0.3) is 0 Å². The third kappa shape index (κ3) is 2.11. The Labute approximate surface area is 127 Å². The summed E-state index contributed by atoms with van der Waals surface area (Å²) in [4.78, 5) is 0. The zero-order chi connectivity index (χ0) is 14.4. The molecule has 2 aliphatic heterocycles. The fourth-order valence-corrected chi connectivity index (χ4v) is 3.10. The van der Waals surface area contributed by atoms with Crippen molar-refractivity contribution in [2.24, 2.45) is 5.73 Å². The predicted octanol–water partition coefficient (Wildman–Crippen LogP) is 3.59. The summed E-state index contributed by atoms with van der Waals surface area (Å²) in [6, 6.07) is 11.6. The van der Waals surface area contributed by atoms with E-state index < -0.39 is 0 Å². The van der Waals surface area contributed by atoms with Crippen LogP contribution in [0.5, 0.6) is 17.2 Å². The zero-order valence-corrected chi connectivity index (χ0v) is 12.0. The Bertz CT molecular complexity index is 704.